The number of benzene rings is 2. The molecule has 1 heterocycles. The van der Waals surface area contributed by atoms with Crippen LogP contribution in [0.1, 0.15) is 23.2 Å². The molecule has 1 amide bonds. The van der Waals surface area contributed by atoms with Gasteiger partial charge in [-0.3, -0.25) is 14.9 Å². The molecular weight excluding hydrogens is 421 g/mol. The van der Waals surface area contributed by atoms with E-state index in [0.717, 1.165) is 25.9 Å². The molecule has 1 N–H and O–H groups in total. The number of nitrogens with zero attached hydrogens (tertiary/aromatic N) is 2. The molecule has 1 aliphatic heterocycles. The van der Waals surface area contributed by atoms with Crippen LogP contribution in [0, 0.1) is 10.1 Å². The largest absolute Gasteiger partial charge is 0.452 e. The molecule has 0 spiro atoms. The summed E-state index contributed by atoms with van der Waals surface area (Å²) in [6.45, 7) is 0.886. The first-order chi connectivity index (χ1) is 13.9. The lowest BCUT2D eigenvalue weighted by Crippen LogP contribution is -2.22. The number of anilines is 2. The van der Waals surface area contributed by atoms with Crippen molar-refractivity contribution in [3.05, 3.63) is 62.1 Å². The molecule has 2 aromatic carbocycles. The van der Waals surface area contributed by atoms with Crippen molar-refractivity contribution >= 4 is 52.1 Å². The van der Waals surface area contributed by atoms with E-state index in [2.05, 4.69) is 5.32 Å². The Bertz CT molecular complexity index is 961. The zero-order chi connectivity index (χ0) is 21.0. The summed E-state index contributed by atoms with van der Waals surface area (Å²) in [4.78, 5) is 37.1. The summed E-state index contributed by atoms with van der Waals surface area (Å²) in [5, 5.41) is 14.3. The van der Waals surface area contributed by atoms with Crippen LogP contribution in [0.4, 0.5) is 17.1 Å². The summed E-state index contributed by atoms with van der Waals surface area (Å²) < 4.78 is 4.97. The van der Waals surface area contributed by atoms with Crippen LogP contribution in [-0.4, -0.2) is 36.5 Å². The number of nitro groups is 1. The zero-order valence-corrected chi connectivity index (χ0v) is 16.7. The fourth-order valence-electron chi connectivity index (χ4n) is 3.02. The Hall–Kier alpha value is -2.84. The van der Waals surface area contributed by atoms with E-state index in [-0.39, 0.29) is 27.0 Å². The van der Waals surface area contributed by atoms with Gasteiger partial charge in [0.05, 0.1) is 26.2 Å². The van der Waals surface area contributed by atoms with Crippen LogP contribution in [0.3, 0.4) is 0 Å². The first-order valence-electron chi connectivity index (χ1n) is 8.81. The second-order valence-corrected chi connectivity index (χ2v) is 7.17. The highest BCUT2D eigenvalue weighted by molar-refractivity contribution is 6.44. The second kappa shape index (κ2) is 9.11. The van der Waals surface area contributed by atoms with Crippen molar-refractivity contribution in [2.75, 3.05) is 29.9 Å². The van der Waals surface area contributed by atoms with Crippen molar-refractivity contribution in [3.63, 3.8) is 0 Å². The topological polar surface area (TPSA) is 102 Å². The summed E-state index contributed by atoms with van der Waals surface area (Å²) in [6.07, 6.45) is 1.93. The van der Waals surface area contributed by atoms with Gasteiger partial charge in [-0.05, 0) is 37.1 Å². The van der Waals surface area contributed by atoms with Gasteiger partial charge < -0.3 is 15.0 Å². The summed E-state index contributed by atoms with van der Waals surface area (Å²) in [5.41, 5.74) is 0.577. The summed E-state index contributed by atoms with van der Waals surface area (Å²) in [6, 6.07) is 8.88. The van der Waals surface area contributed by atoms with Gasteiger partial charge in [-0.25, -0.2) is 4.79 Å². The molecule has 8 nitrogen and oxygen atoms in total. The average Bonchev–Trinajstić information content (AvgIpc) is 3.24. The van der Waals surface area contributed by atoms with Crippen molar-refractivity contribution in [1.82, 2.24) is 0 Å². The number of amides is 1. The number of esters is 1. The van der Waals surface area contributed by atoms with Crippen molar-refractivity contribution in [2.24, 2.45) is 0 Å². The molecule has 0 aliphatic carbocycles. The molecule has 152 valence electrons. The van der Waals surface area contributed by atoms with E-state index < -0.39 is 23.4 Å². The maximum absolute atomic E-state index is 12.2. The van der Waals surface area contributed by atoms with E-state index in [0.29, 0.717) is 5.69 Å². The number of halogens is 2. The summed E-state index contributed by atoms with van der Waals surface area (Å²) in [7, 11) is 0. The van der Waals surface area contributed by atoms with Gasteiger partial charge in [-0.1, -0.05) is 29.3 Å². The van der Waals surface area contributed by atoms with Crippen LogP contribution >= 0.6 is 23.2 Å². The molecule has 0 bridgehead atoms. The molecule has 2 aromatic rings. The van der Waals surface area contributed by atoms with Gasteiger partial charge in [0.25, 0.3) is 11.6 Å². The molecule has 1 fully saturated rings. The standard InChI is InChI=1S/C19H17Cl2N3O5/c20-13-4-3-5-14(18(13)21)22-17(25)11-29-19(26)12-6-7-15(16(10-12)24(27)28)23-8-1-2-9-23/h3-7,10H,1-2,8-9,11H2,(H,22,25). The highest BCUT2D eigenvalue weighted by atomic mass is 35.5. The molecule has 0 radical (unpaired) electrons. The van der Waals surface area contributed by atoms with Crippen molar-refractivity contribution in [3.8, 4) is 0 Å². The fraction of sp³-hybridized carbons (Fsp3) is 0.263. The number of carbonyl (C=O) groups excluding carboxylic acids is 2. The summed E-state index contributed by atoms with van der Waals surface area (Å²) >= 11 is 11.9. The van der Waals surface area contributed by atoms with E-state index in [1.165, 1.54) is 18.2 Å². The number of nitro benzene ring substituents is 1. The third-order valence-corrected chi connectivity index (χ3v) is 5.23. The minimum absolute atomic E-state index is 0.00626. The van der Waals surface area contributed by atoms with E-state index in [9.17, 15) is 19.7 Å². The quantitative estimate of drug-likeness (QED) is 0.410. The SMILES string of the molecule is O=C(COC(=O)c1ccc(N2CCCC2)c([N+](=O)[O-])c1)Nc1cccc(Cl)c1Cl. The highest BCUT2D eigenvalue weighted by Gasteiger charge is 2.24. The maximum Gasteiger partial charge on any atom is 0.338 e. The number of nitrogens with one attached hydrogen (secondary N) is 1. The van der Waals surface area contributed by atoms with Gasteiger partial charge in [0.2, 0.25) is 0 Å². The van der Waals surface area contributed by atoms with Gasteiger partial charge >= 0.3 is 5.97 Å². The van der Waals surface area contributed by atoms with Crippen LogP contribution in [-0.2, 0) is 9.53 Å². The third-order valence-electron chi connectivity index (χ3n) is 4.41. The van der Waals surface area contributed by atoms with Gasteiger partial charge in [-0.2, -0.15) is 0 Å². The van der Waals surface area contributed by atoms with Crippen LogP contribution in [0.5, 0.6) is 0 Å². The van der Waals surface area contributed by atoms with Crippen LogP contribution in [0.15, 0.2) is 36.4 Å². The van der Waals surface area contributed by atoms with E-state index in [4.69, 9.17) is 27.9 Å². The fourth-order valence-corrected chi connectivity index (χ4v) is 3.37. The van der Waals surface area contributed by atoms with Crippen molar-refractivity contribution in [2.45, 2.75) is 12.8 Å². The lowest BCUT2D eigenvalue weighted by Gasteiger charge is -2.17. The lowest BCUT2D eigenvalue weighted by atomic mass is 10.1. The number of hydrogen-bond acceptors (Lipinski definition) is 6. The molecule has 0 unspecified atom stereocenters. The van der Waals surface area contributed by atoms with Crippen LogP contribution in [0.2, 0.25) is 10.0 Å². The number of ether oxygens (including phenoxy) is 1. The Morgan fingerprint density at radius 2 is 1.90 bits per heavy atom. The Morgan fingerprint density at radius 3 is 2.59 bits per heavy atom. The molecule has 1 aliphatic rings. The lowest BCUT2D eigenvalue weighted by molar-refractivity contribution is -0.384. The maximum atomic E-state index is 12.2. The smallest absolute Gasteiger partial charge is 0.338 e. The first-order valence-corrected chi connectivity index (χ1v) is 9.57. The average molecular weight is 438 g/mol. The van der Waals surface area contributed by atoms with E-state index in [1.807, 2.05) is 4.90 Å². The Labute approximate surface area is 176 Å². The molecule has 29 heavy (non-hydrogen) atoms. The Morgan fingerprint density at radius 1 is 1.17 bits per heavy atom. The summed E-state index contributed by atoms with van der Waals surface area (Å²) in [5.74, 6) is -1.46. The van der Waals surface area contributed by atoms with E-state index in [1.54, 1.807) is 18.2 Å². The predicted molar refractivity (Wildman–Crippen MR) is 110 cm³/mol. The number of carbonyl (C=O) groups is 2. The molecule has 0 atom stereocenters. The molecular formula is C19H17Cl2N3O5. The van der Waals surface area contributed by atoms with Crippen LogP contribution in [0.25, 0.3) is 0 Å². The van der Waals surface area contributed by atoms with Crippen molar-refractivity contribution < 1.29 is 19.2 Å². The van der Waals surface area contributed by atoms with E-state index >= 15 is 0 Å². The highest BCUT2D eigenvalue weighted by Crippen LogP contribution is 2.32. The first kappa shape index (κ1) is 20.9. The molecule has 3 rings (SSSR count). The monoisotopic (exact) mass is 437 g/mol. The Kier molecular flexibility index (Phi) is 6.56. The third kappa shape index (κ3) is 4.96. The molecule has 0 aromatic heterocycles. The normalized spacial score (nSPS) is 13.2. The van der Waals surface area contributed by atoms with Gasteiger partial charge in [0.15, 0.2) is 6.61 Å². The Balaban J connectivity index is 1.65. The molecule has 10 heteroatoms. The minimum Gasteiger partial charge on any atom is -0.452 e. The zero-order valence-electron chi connectivity index (χ0n) is 15.2. The van der Waals surface area contributed by atoms with Crippen molar-refractivity contribution in [1.29, 1.82) is 0 Å². The molecule has 0 saturated carbocycles. The predicted octanol–water partition coefficient (Wildman–Crippen LogP) is 4.30. The number of hydrogen-bond donors (Lipinski definition) is 1. The van der Waals surface area contributed by atoms with Gasteiger partial charge in [0, 0.05) is 19.2 Å². The van der Waals surface area contributed by atoms with Gasteiger partial charge in [-0.15, -0.1) is 0 Å². The molecule has 1 saturated heterocycles. The minimum atomic E-state index is -0.839. The van der Waals surface area contributed by atoms with Crippen LogP contribution < -0.4 is 10.2 Å². The number of rotatable bonds is 6. The van der Waals surface area contributed by atoms with Gasteiger partial charge in [0.1, 0.15) is 5.69 Å². The second-order valence-electron chi connectivity index (χ2n) is 6.38.